The van der Waals surface area contributed by atoms with Crippen molar-refractivity contribution in [1.29, 1.82) is 0 Å². The van der Waals surface area contributed by atoms with E-state index in [0.29, 0.717) is 17.9 Å². The summed E-state index contributed by atoms with van der Waals surface area (Å²) >= 11 is 0. The molecule has 0 saturated heterocycles. The third-order valence-corrected chi connectivity index (χ3v) is 3.99. The largest absolute Gasteiger partial charge is 0.490 e. The molecule has 1 saturated carbocycles. The third kappa shape index (κ3) is 4.95. The molecule has 1 aromatic heterocycles. The van der Waals surface area contributed by atoms with Gasteiger partial charge in [-0.1, -0.05) is 40.5 Å². The Balaban J connectivity index is 2.05. The van der Waals surface area contributed by atoms with Crippen molar-refractivity contribution in [3.63, 3.8) is 0 Å². The fourth-order valence-electron chi connectivity index (χ4n) is 2.63. The molecule has 0 bridgehead atoms. The first-order valence-corrected chi connectivity index (χ1v) is 8.28. The third-order valence-electron chi connectivity index (χ3n) is 3.99. The molecule has 1 aromatic rings. The first-order chi connectivity index (χ1) is 10.1. The lowest BCUT2D eigenvalue weighted by atomic mass is 10.1. The molecule has 21 heavy (non-hydrogen) atoms. The fourth-order valence-corrected chi connectivity index (χ4v) is 2.63. The number of nitrogens with zero attached hydrogens (tertiary/aromatic N) is 2. The predicted octanol–water partition coefficient (Wildman–Crippen LogP) is 3.67. The average Bonchev–Trinajstić information content (AvgIpc) is 2.96. The summed E-state index contributed by atoms with van der Waals surface area (Å²) in [5.41, 5.74) is 0.986. The SMILES string of the molecule is CC(C)NCc1nc(C(C)C)ncc1OCC1CCCC1. The molecule has 4 heteroatoms. The van der Waals surface area contributed by atoms with Crippen molar-refractivity contribution in [3.05, 3.63) is 17.7 Å². The molecule has 0 aliphatic heterocycles. The monoisotopic (exact) mass is 291 g/mol. The molecular formula is C17H29N3O. The van der Waals surface area contributed by atoms with Gasteiger partial charge >= 0.3 is 0 Å². The van der Waals surface area contributed by atoms with Gasteiger partial charge in [0.15, 0.2) is 5.75 Å². The summed E-state index contributed by atoms with van der Waals surface area (Å²) in [7, 11) is 0. The van der Waals surface area contributed by atoms with Gasteiger partial charge in [0.25, 0.3) is 0 Å². The summed E-state index contributed by atoms with van der Waals surface area (Å²) in [6.07, 6.45) is 7.14. The minimum Gasteiger partial charge on any atom is -0.490 e. The van der Waals surface area contributed by atoms with E-state index in [1.807, 2.05) is 6.20 Å². The molecule has 118 valence electrons. The van der Waals surface area contributed by atoms with Crippen molar-refractivity contribution in [2.75, 3.05) is 6.61 Å². The van der Waals surface area contributed by atoms with Crippen LogP contribution in [0.4, 0.5) is 0 Å². The van der Waals surface area contributed by atoms with Gasteiger partial charge in [-0.25, -0.2) is 9.97 Å². The van der Waals surface area contributed by atoms with E-state index in [1.165, 1.54) is 25.7 Å². The first-order valence-electron chi connectivity index (χ1n) is 8.28. The van der Waals surface area contributed by atoms with E-state index >= 15 is 0 Å². The Labute approximate surface area is 128 Å². The van der Waals surface area contributed by atoms with Gasteiger partial charge in [-0.2, -0.15) is 0 Å². The molecule has 0 amide bonds. The maximum absolute atomic E-state index is 6.02. The summed E-state index contributed by atoms with van der Waals surface area (Å²) in [5, 5.41) is 3.43. The summed E-state index contributed by atoms with van der Waals surface area (Å²) < 4.78 is 6.02. The highest BCUT2D eigenvalue weighted by atomic mass is 16.5. The molecule has 1 N–H and O–H groups in total. The number of hydrogen-bond donors (Lipinski definition) is 1. The molecule has 1 aliphatic carbocycles. The lowest BCUT2D eigenvalue weighted by molar-refractivity contribution is 0.247. The smallest absolute Gasteiger partial charge is 0.160 e. The topological polar surface area (TPSA) is 47.0 Å². The Morgan fingerprint density at radius 1 is 1.24 bits per heavy atom. The van der Waals surface area contributed by atoms with Crippen LogP contribution in [0.5, 0.6) is 5.75 Å². The lowest BCUT2D eigenvalue weighted by Crippen LogP contribution is -2.23. The van der Waals surface area contributed by atoms with Crippen LogP contribution >= 0.6 is 0 Å². The van der Waals surface area contributed by atoms with Crippen molar-refractivity contribution in [1.82, 2.24) is 15.3 Å². The Kier molecular flexibility index (Phi) is 5.97. The van der Waals surface area contributed by atoms with E-state index in [-0.39, 0.29) is 0 Å². The van der Waals surface area contributed by atoms with Gasteiger partial charge in [0.2, 0.25) is 0 Å². The second-order valence-electron chi connectivity index (χ2n) is 6.69. The molecule has 0 aromatic carbocycles. The van der Waals surface area contributed by atoms with Crippen LogP contribution in [0, 0.1) is 5.92 Å². The zero-order chi connectivity index (χ0) is 15.2. The van der Waals surface area contributed by atoms with Crippen LogP contribution in [0.25, 0.3) is 0 Å². The average molecular weight is 291 g/mol. The standard InChI is InChI=1S/C17H29N3O/c1-12(2)17-19-10-16(15(20-17)9-18-13(3)4)21-11-14-7-5-6-8-14/h10,12-14,18H,5-9,11H2,1-4H3. The summed E-state index contributed by atoms with van der Waals surface area (Å²) in [5.74, 6) is 2.79. The van der Waals surface area contributed by atoms with Crippen LogP contribution in [-0.2, 0) is 6.54 Å². The van der Waals surface area contributed by atoms with Crippen LogP contribution in [0.2, 0.25) is 0 Å². The van der Waals surface area contributed by atoms with Crippen molar-refractivity contribution in [2.45, 2.75) is 71.9 Å². The molecule has 1 aliphatic rings. The van der Waals surface area contributed by atoms with Gasteiger partial charge in [-0.15, -0.1) is 0 Å². The second kappa shape index (κ2) is 7.74. The minimum absolute atomic E-state index is 0.340. The zero-order valence-electron chi connectivity index (χ0n) is 13.9. The van der Waals surface area contributed by atoms with Crippen molar-refractivity contribution < 1.29 is 4.74 Å². The highest BCUT2D eigenvalue weighted by molar-refractivity contribution is 5.25. The van der Waals surface area contributed by atoms with E-state index < -0.39 is 0 Å². The molecule has 1 fully saturated rings. The number of nitrogens with one attached hydrogen (secondary N) is 1. The molecular weight excluding hydrogens is 262 g/mol. The molecule has 0 radical (unpaired) electrons. The van der Waals surface area contributed by atoms with Gasteiger partial charge in [0.1, 0.15) is 5.82 Å². The predicted molar refractivity (Wildman–Crippen MR) is 85.5 cm³/mol. The van der Waals surface area contributed by atoms with Crippen molar-refractivity contribution in [3.8, 4) is 5.75 Å². The van der Waals surface area contributed by atoms with Gasteiger partial charge in [-0.3, -0.25) is 0 Å². The van der Waals surface area contributed by atoms with Crippen molar-refractivity contribution >= 4 is 0 Å². The summed E-state index contributed by atoms with van der Waals surface area (Å²) in [6, 6.07) is 0.435. The minimum atomic E-state index is 0.340. The Hall–Kier alpha value is -1.16. The molecule has 2 rings (SSSR count). The van der Waals surface area contributed by atoms with E-state index in [0.717, 1.165) is 30.4 Å². The summed E-state index contributed by atoms with van der Waals surface area (Å²) in [6.45, 7) is 10.1. The van der Waals surface area contributed by atoms with E-state index in [9.17, 15) is 0 Å². The highest BCUT2D eigenvalue weighted by Crippen LogP contribution is 2.26. The summed E-state index contributed by atoms with van der Waals surface area (Å²) in [4.78, 5) is 9.14. The highest BCUT2D eigenvalue weighted by Gasteiger charge is 2.17. The molecule has 1 heterocycles. The molecule has 4 nitrogen and oxygen atoms in total. The van der Waals surface area contributed by atoms with Crippen LogP contribution in [0.1, 0.15) is 70.8 Å². The lowest BCUT2D eigenvalue weighted by Gasteiger charge is -2.16. The Morgan fingerprint density at radius 3 is 2.57 bits per heavy atom. The normalized spacial score (nSPS) is 16.1. The van der Waals surface area contributed by atoms with Crippen molar-refractivity contribution in [2.24, 2.45) is 5.92 Å². The Morgan fingerprint density at radius 2 is 1.95 bits per heavy atom. The van der Waals surface area contributed by atoms with Crippen LogP contribution in [0.15, 0.2) is 6.20 Å². The number of hydrogen-bond acceptors (Lipinski definition) is 4. The molecule has 0 spiro atoms. The van der Waals surface area contributed by atoms with Crippen LogP contribution in [0.3, 0.4) is 0 Å². The quantitative estimate of drug-likeness (QED) is 0.832. The maximum Gasteiger partial charge on any atom is 0.160 e. The zero-order valence-corrected chi connectivity index (χ0v) is 13.9. The number of aromatic nitrogens is 2. The van der Waals surface area contributed by atoms with Gasteiger partial charge < -0.3 is 10.1 Å². The maximum atomic E-state index is 6.02. The van der Waals surface area contributed by atoms with E-state index in [1.54, 1.807) is 0 Å². The fraction of sp³-hybridized carbons (Fsp3) is 0.765. The number of ether oxygens (including phenoxy) is 1. The number of rotatable bonds is 7. The van der Waals surface area contributed by atoms with Gasteiger partial charge in [0, 0.05) is 18.5 Å². The van der Waals surface area contributed by atoms with Gasteiger partial charge in [-0.05, 0) is 18.8 Å². The van der Waals surface area contributed by atoms with E-state index in [2.05, 4.69) is 38.0 Å². The Bertz CT molecular complexity index is 440. The van der Waals surface area contributed by atoms with Crippen LogP contribution < -0.4 is 10.1 Å². The molecule has 0 unspecified atom stereocenters. The van der Waals surface area contributed by atoms with E-state index in [4.69, 9.17) is 9.72 Å². The van der Waals surface area contributed by atoms with Gasteiger partial charge in [0.05, 0.1) is 18.5 Å². The first kappa shape index (κ1) is 16.2. The second-order valence-corrected chi connectivity index (χ2v) is 6.69. The van der Waals surface area contributed by atoms with Crippen LogP contribution in [-0.4, -0.2) is 22.6 Å². The molecule has 0 atom stereocenters.